The molecule has 4 rings (SSSR count). The molecule has 0 aromatic heterocycles. The number of carbonyl (C=O) groups is 1. The molecule has 0 aliphatic heterocycles. The Morgan fingerprint density at radius 2 is 1.44 bits per heavy atom. The highest BCUT2D eigenvalue weighted by molar-refractivity contribution is 5.69. The minimum absolute atomic E-state index is 0.0139. The second kappa shape index (κ2) is 17.4. The van der Waals surface area contributed by atoms with Gasteiger partial charge in [-0.15, -0.1) is 0 Å². The van der Waals surface area contributed by atoms with Gasteiger partial charge in [0.15, 0.2) is 0 Å². The van der Waals surface area contributed by atoms with Crippen molar-refractivity contribution < 1.29 is 9.53 Å². The molecule has 2 heteroatoms. The molecule has 0 heterocycles. The summed E-state index contributed by atoms with van der Waals surface area (Å²) in [7, 11) is 0. The lowest BCUT2D eigenvalue weighted by Gasteiger charge is -2.64. The van der Waals surface area contributed by atoms with Crippen LogP contribution in [0, 0.1) is 45.3 Å². The van der Waals surface area contributed by atoms with Crippen molar-refractivity contribution in [3.05, 3.63) is 23.3 Å². The summed E-state index contributed by atoms with van der Waals surface area (Å²) in [4.78, 5) is 13.1. The summed E-state index contributed by atoms with van der Waals surface area (Å²) < 4.78 is 6.37. The fourth-order valence-electron chi connectivity index (χ4n) is 12.2. The first-order valence-electron chi connectivity index (χ1n) is 21.3. The molecule has 8 atom stereocenters. The van der Waals surface area contributed by atoms with Crippen molar-refractivity contribution in [2.45, 2.75) is 216 Å². The van der Waals surface area contributed by atoms with E-state index in [4.69, 9.17) is 4.74 Å². The summed E-state index contributed by atoms with van der Waals surface area (Å²) in [6, 6.07) is 0. The fraction of sp³-hybridized carbons (Fsp3) is 0.891. The maximum Gasteiger partial charge on any atom is 0.306 e. The van der Waals surface area contributed by atoms with Gasteiger partial charge < -0.3 is 4.74 Å². The molecule has 0 N–H and O–H groups in total. The zero-order valence-electron chi connectivity index (χ0n) is 33.6. The molecule has 48 heavy (non-hydrogen) atoms. The quantitative estimate of drug-likeness (QED) is 0.0780. The zero-order chi connectivity index (χ0) is 35.0. The summed E-state index contributed by atoms with van der Waals surface area (Å²) in [5, 5.41) is 0. The van der Waals surface area contributed by atoms with E-state index < -0.39 is 0 Å². The van der Waals surface area contributed by atoms with Gasteiger partial charge in [0.2, 0.25) is 0 Å². The molecule has 0 aromatic rings. The summed E-state index contributed by atoms with van der Waals surface area (Å²) in [6.45, 7) is 22.2. The van der Waals surface area contributed by atoms with Gasteiger partial charge in [-0.2, -0.15) is 0 Å². The van der Waals surface area contributed by atoms with Gasteiger partial charge in [-0.1, -0.05) is 149 Å². The number of ether oxygens (including phenoxy) is 1. The lowest BCUT2D eigenvalue weighted by Crippen LogP contribution is -2.58. The Kier molecular flexibility index (Phi) is 14.4. The molecule has 4 aliphatic carbocycles. The number of hydrogen-bond donors (Lipinski definition) is 0. The highest BCUT2D eigenvalue weighted by Crippen LogP contribution is 2.73. The summed E-state index contributed by atoms with van der Waals surface area (Å²) in [5.74, 6) is 2.95. The maximum absolute atomic E-state index is 13.1. The lowest BCUT2D eigenvalue weighted by atomic mass is 9.41. The van der Waals surface area contributed by atoms with Gasteiger partial charge in [0, 0.05) is 11.8 Å². The van der Waals surface area contributed by atoms with Crippen LogP contribution in [-0.4, -0.2) is 12.1 Å². The third-order valence-corrected chi connectivity index (χ3v) is 15.5. The molecule has 0 bridgehead atoms. The van der Waals surface area contributed by atoms with Crippen molar-refractivity contribution in [1.82, 2.24) is 0 Å². The minimum atomic E-state index is 0.0139. The Balaban J connectivity index is 1.25. The van der Waals surface area contributed by atoms with Crippen LogP contribution in [0.1, 0.15) is 210 Å². The predicted octanol–water partition coefficient (Wildman–Crippen LogP) is 14.4. The number of rotatable bonds is 19. The summed E-state index contributed by atoms with van der Waals surface area (Å²) in [6.07, 6.45) is 34.7. The molecule has 0 radical (unpaired) electrons. The van der Waals surface area contributed by atoms with E-state index in [2.05, 4.69) is 74.5 Å². The molecule has 276 valence electrons. The predicted molar refractivity (Wildman–Crippen MR) is 207 cm³/mol. The maximum atomic E-state index is 13.1. The zero-order valence-corrected chi connectivity index (χ0v) is 33.6. The summed E-state index contributed by atoms with van der Waals surface area (Å²) >= 11 is 0. The lowest BCUT2D eigenvalue weighted by molar-refractivity contribution is -0.177. The molecule has 0 unspecified atom stereocenters. The van der Waals surface area contributed by atoms with E-state index in [-0.39, 0.29) is 17.5 Å². The van der Waals surface area contributed by atoms with Crippen molar-refractivity contribution in [3.8, 4) is 0 Å². The van der Waals surface area contributed by atoms with E-state index >= 15 is 0 Å². The highest BCUT2D eigenvalue weighted by atomic mass is 16.5. The van der Waals surface area contributed by atoms with Crippen LogP contribution < -0.4 is 0 Å². The molecule has 0 spiro atoms. The van der Waals surface area contributed by atoms with Crippen LogP contribution in [0.5, 0.6) is 0 Å². The van der Waals surface area contributed by atoms with Crippen LogP contribution in [0.2, 0.25) is 0 Å². The molecule has 4 aliphatic rings. The van der Waals surface area contributed by atoms with E-state index in [1.54, 1.807) is 0 Å². The van der Waals surface area contributed by atoms with Crippen molar-refractivity contribution in [2.75, 3.05) is 0 Å². The van der Waals surface area contributed by atoms with Gasteiger partial charge >= 0.3 is 5.97 Å². The molecule has 0 aromatic carbocycles. The first-order chi connectivity index (χ1) is 22.8. The van der Waals surface area contributed by atoms with Crippen molar-refractivity contribution >= 4 is 5.97 Å². The van der Waals surface area contributed by atoms with Crippen LogP contribution in [-0.2, 0) is 9.53 Å². The van der Waals surface area contributed by atoms with Gasteiger partial charge in [0.1, 0.15) is 6.10 Å². The number of unbranched alkanes of at least 4 members (excludes halogenated alkanes) is 12. The second-order valence-electron chi connectivity index (χ2n) is 19.1. The third kappa shape index (κ3) is 8.69. The van der Waals surface area contributed by atoms with Gasteiger partial charge in [0.05, 0.1) is 0 Å². The molecule has 0 amide bonds. The normalized spacial score (nSPS) is 34.4. The first kappa shape index (κ1) is 39.7. The van der Waals surface area contributed by atoms with Crippen LogP contribution in [0.4, 0.5) is 0 Å². The smallest absolute Gasteiger partial charge is 0.306 e. The average molecular weight is 665 g/mol. The van der Waals surface area contributed by atoms with Crippen molar-refractivity contribution in [1.29, 1.82) is 0 Å². The van der Waals surface area contributed by atoms with E-state index in [0.717, 1.165) is 31.1 Å². The van der Waals surface area contributed by atoms with Gasteiger partial charge in [0.25, 0.3) is 0 Å². The van der Waals surface area contributed by atoms with Crippen LogP contribution in [0.25, 0.3) is 0 Å². The van der Waals surface area contributed by atoms with E-state index in [0.29, 0.717) is 34.5 Å². The number of esters is 1. The molecule has 0 saturated heterocycles. The minimum Gasteiger partial charge on any atom is -0.462 e. The second-order valence-corrected chi connectivity index (χ2v) is 19.1. The Morgan fingerprint density at radius 3 is 2.04 bits per heavy atom. The number of hydrogen-bond acceptors (Lipinski definition) is 2. The molecule has 3 fully saturated rings. The van der Waals surface area contributed by atoms with Crippen LogP contribution in [0.15, 0.2) is 23.3 Å². The molecular formula is C46H80O2. The monoisotopic (exact) mass is 665 g/mol. The number of fused-ring (bicyclic) bond motifs is 5. The topological polar surface area (TPSA) is 26.3 Å². The Bertz CT molecular complexity index is 1080. The Hall–Kier alpha value is -1.05. The standard InChI is InChI=1S/C46H80O2/c1-10-11-12-13-14-15-16-17-18-19-20-21-22-26-42(47)48-41-31-32-44(7)38-30-34-45(8)37(36(4)25-23-24-35(2)3)29-33-46(45,9)39(38)27-28-40(44)43(41,5)6/h24,27,36-38,40-41H,10-23,25-26,28-34H2,1-9H3/t36-,37+,38+,40+,41+,44-,45+,46-/m1/s1. The van der Waals surface area contributed by atoms with Crippen LogP contribution in [0.3, 0.4) is 0 Å². The average Bonchev–Trinajstić information content (AvgIpc) is 3.31. The van der Waals surface area contributed by atoms with Crippen molar-refractivity contribution in [2.24, 2.45) is 45.3 Å². The Labute approximate surface area is 299 Å². The third-order valence-electron chi connectivity index (χ3n) is 15.5. The molecule has 2 nitrogen and oxygen atoms in total. The number of carbonyl (C=O) groups excluding carboxylic acids is 1. The largest absolute Gasteiger partial charge is 0.462 e. The molecule has 3 saturated carbocycles. The summed E-state index contributed by atoms with van der Waals surface area (Å²) in [5.41, 5.74) is 4.37. The van der Waals surface area contributed by atoms with Crippen molar-refractivity contribution in [3.63, 3.8) is 0 Å². The molecular weight excluding hydrogens is 585 g/mol. The first-order valence-corrected chi connectivity index (χ1v) is 21.3. The Morgan fingerprint density at radius 1 is 0.833 bits per heavy atom. The highest BCUT2D eigenvalue weighted by Gasteiger charge is 2.65. The van der Waals surface area contributed by atoms with Crippen LogP contribution >= 0.6 is 0 Å². The van der Waals surface area contributed by atoms with Gasteiger partial charge in [-0.05, 0) is 118 Å². The fourth-order valence-corrected chi connectivity index (χ4v) is 12.2. The van der Waals surface area contributed by atoms with E-state index in [9.17, 15) is 4.79 Å². The van der Waals surface area contributed by atoms with Gasteiger partial charge in [-0.25, -0.2) is 0 Å². The van der Waals surface area contributed by atoms with Gasteiger partial charge in [-0.3, -0.25) is 4.79 Å². The number of allylic oxidation sites excluding steroid dienone is 4. The SMILES string of the molecule is CCCCCCCCCCCCCCCC(=O)O[C@H]1CC[C@]2(C)[C@H]3CC[C@@]4(C)[C@H]([C@H](C)CCC=C(C)C)CC[C@]4(C)C3=CC[C@H]2C1(C)C. The van der Waals surface area contributed by atoms with E-state index in [1.807, 2.05) is 5.57 Å². The van der Waals surface area contributed by atoms with E-state index in [1.165, 1.54) is 128 Å².